The predicted molar refractivity (Wildman–Crippen MR) is 41.3 cm³/mol. The smallest absolute Gasteiger partial charge is 0.342 e. The quantitative estimate of drug-likeness (QED) is 0.474. The van der Waals surface area contributed by atoms with Crippen molar-refractivity contribution in [3.05, 3.63) is 0 Å². The molecule has 70 valence electrons. The van der Waals surface area contributed by atoms with E-state index in [4.69, 9.17) is 9.62 Å². The number of rotatable bonds is 3. The van der Waals surface area contributed by atoms with Crippen molar-refractivity contribution >= 4 is 5.97 Å². The summed E-state index contributed by atoms with van der Waals surface area (Å²) in [5.41, 5.74) is 0. The van der Waals surface area contributed by atoms with Crippen LogP contribution in [0.25, 0.3) is 0 Å². The first-order valence-electron chi connectivity index (χ1n) is 4.27. The highest BCUT2D eigenvalue weighted by molar-refractivity contribution is 5.68. The first-order chi connectivity index (χ1) is 5.83. The first-order valence-corrected chi connectivity index (χ1v) is 4.27. The van der Waals surface area contributed by atoms with E-state index in [0.29, 0.717) is 19.6 Å². The van der Waals surface area contributed by atoms with Gasteiger partial charge in [-0.2, -0.15) is 4.89 Å². The zero-order chi connectivity index (χ0) is 8.81. The Labute approximate surface area is 71.7 Å². The molecule has 0 aromatic carbocycles. The molecule has 1 rings (SSSR count). The Morgan fingerprint density at radius 1 is 1.50 bits per heavy atom. The minimum absolute atomic E-state index is 0.0225. The maximum Gasteiger partial charge on any atom is 0.342 e. The summed E-state index contributed by atoms with van der Waals surface area (Å²) < 4.78 is 5.11. The average Bonchev–Trinajstić information content (AvgIpc) is 2.16. The van der Waals surface area contributed by atoms with E-state index in [2.05, 4.69) is 4.89 Å². The van der Waals surface area contributed by atoms with Gasteiger partial charge in [-0.15, -0.1) is 0 Å². The highest BCUT2D eigenvalue weighted by Crippen LogP contribution is 2.10. The molecule has 0 spiro atoms. The van der Waals surface area contributed by atoms with Crippen LogP contribution in [0.3, 0.4) is 0 Å². The van der Waals surface area contributed by atoms with Crippen LogP contribution >= 0.6 is 0 Å². The fraction of sp³-hybridized carbons (Fsp3) is 0.875. The molecule has 1 fully saturated rings. The lowest BCUT2D eigenvalue weighted by Crippen LogP contribution is -2.24. The van der Waals surface area contributed by atoms with Crippen LogP contribution in [-0.4, -0.2) is 25.3 Å². The van der Waals surface area contributed by atoms with E-state index in [-0.39, 0.29) is 12.1 Å². The van der Waals surface area contributed by atoms with Crippen molar-refractivity contribution in [3.8, 4) is 0 Å². The summed E-state index contributed by atoms with van der Waals surface area (Å²) in [6, 6.07) is 0. The minimum Gasteiger partial charge on any atom is -0.381 e. The van der Waals surface area contributed by atoms with E-state index in [1.807, 2.05) is 0 Å². The summed E-state index contributed by atoms with van der Waals surface area (Å²) in [5.74, 6) is -0.318. The molecule has 0 atom stereocenters. The molecular weight excluding hydrogens is 160 g/mol. The van der Waals surface area contributed by atoms with E-state index < -0.39 is 0 Å². The monoisotopic (exact) mass is 174 g/mol. The van der Waals surface area contributed by atoms with Crippen LogP contribution in [0.2, 0.25) is 0 Å². The topological polar surface area (TPSA) is 44.8 Å². The van der Waals surface area contributed by atoms with Crippen LogP contribution in [0.15, 0.2) is 0 Å². The van der Waals surface area contributed by atoms with Gasteiger partial charge >= 0.3 is 5.97 Å². The van der Waals surface area contributed by atoms with Crippen molar-refractivity contribution in [2.45, 2.75) is 32.3 Å². The summed E-state index contributed by atoms with van der Waals surface area (Å²) in [4.78, 5) is 20.1. The van der Waals surface area contributed by atoms with E-state index in [1.165, 1.54) is 0 Å². The molecule has 0 bridgehead atoms. The lowest BCUT2D eigenvalue weighted by molar-refractivity contribution is -0.306. The Morgan fingerprint density at radius 3 is 2.75 bits per heavy atom. The minimum atomic E-state index is -0.318. The molecule has 0 aromatic heterocycles. The third-order valence-electron chi connectivity index (χ3n) is 1.73. The van der Waals surface area contributed by atoms with Gasteiger partial charge < -0.3 is 4.74 Å². The summed E-state index contributed by atoms with van der Waals surface area (Å²) in [6.07, 6.45) is 1.98. The molecule has 0 N–H and O–H groups in total. The molecule has 12 heavy (non-hydrogen) atoms. The van der Waals surface area contributed by atoms with Crippen LogP contribution < -0.4 is 0 Å². The number of carbonyl (C=O) groups excluding carboxylic acids is 1. The second-order valence-electron chi connectivity index (χ2n) is 2.72. The van der Waals surface area contributed by atoms with E-state index in [0.717, 1.165) is 12.8 Å². The Balaban J connectivity index is 2.09. The van der Waals surface area contributed by atoms with Gasteiger partial charge in [0.15, 0.2) is 0 Å². The molecular formula is C8H14O4. The van der Waals surface area contributed by atoms with Crippen LogP contribution in [0.4, 0.5) is 0 Å². The van der Waals surface area contributed by atoms with Gasteiger partial charge in [0, 0.05) is 32.5 Å². The van der Waals surface area contributed by atoms with Gasteiger partial charge in [0.2, 0.25) is 0 Å². The Morgan fingerprint density at radius 2 is 2.17 bits per heavy atom. The van der Waals surface area contributed by atoms with Gasteiger partial charge in [-0.05, 0) is 0 Å². The lowest BCUT2D eigenvalue weighted by atomic mass is 10.2. The van der Waals surface area contributed by atoms with Crippen molar-refractivity contribution in [1.82, 2.24) is 0 Å². The van der Waals surface area contributed by atoms with Crippen molar-refractivity contribution < 1.29 is 19.3 Å². The van der Waals surface area contributed by atoms with Gasteiger partial charge in [-0.3, -0.25) is 4.89 Å². The largest absolute Gasteiger partial charge is 0.381 e. The molecule has 0 saturated carbocycles. The number of ether oxygens (including phenoxy) is 1. The fourth-order valence-electron chi connectivity index (χ4n) is 0.953. The third-order valence-corrected chi connectivity index (χ3v) is 1.73. The molecule has 4 nitrogen and oxygen atoms in total. The van der Waals surface area contributed by atoms with Gasteiger partial charge in [0.05, 0.1) is 0 Å². The molecule has 1 aliphatic heterocycles. The molecule has 0 aromatic rings. The number of carbonyl (C=O) groups is 1. The van der Waals surface area contributed by atoms with Gasteiger partial charge in [0.1, 0.15) is 6.10 Å². The average molecular weight is 174 g/mol. The highest BCUT2D eigenvalue weighted by atomic mass is 17.2. The molecule has 1 saturated heterocycles. The second kappa shape index (κ2) is 5.11. The van der Waals surface area contributed by atoms with E-state index in [1.54, 1.807) is 6.92 Å². The van der Waals surface area contributed by atoms with Crippen LogP contribution in [0.5, 0.6) is 0 Å². The number of hydrogen-bond donors (Lipinski definition) is 0. The Bertz CT molecular complexity index is 140. The molecule has 4 heteroatoms. The molecule has 0 unspecified atom stereocenters. The van der Waals surface area contributed by atoms with Crippen molar-refractivity contribution in [2.24, 2.45) is 0 Å². The summed E-state index contributed by atoms with van der Waals surface area (Å²) in [6.45, 7) is 3.11. The van der Waals surface area contributed by atoms with Crippen LogP contribution in [0, 0.1) is 0 Å². The van der Waals surface area contributed by atoms with E-state index >= 15 is 0 Å². The van der Waals surface area contributed by atoms with Crippen molar-refractivity contribution in [2.75, 3.05) is 13.2 Å². The Kier molecular flexibility index (Phi) is 4.04. The fourth-order valence-corrected chi connectivity index (χ4v) is 0.953. The summed E-state index contributed by atoms with van der Waals surface area (Å²) in [7, 11) is 0. The van der Waals surface area contributed by atoms with Crippen molar-refractivity contribution in [1.29, 1.82) is 0 Å². The Hall–Kier alpha value is -0.610. The predicted octanol–water partition coefficient (Wildman–Crippen LogP) is 1.05. The van der Waals surface area contributed by atoms with Gasteiger partial charge in [-0.25, -0.2) is 4.79 Å². The van der Waals surface area contributed by atoms with E-state index in [9.17, 15) is 4.79 Å². The molecule has 1 aliphatic rings. The summed E-state index contributed by atoms with van der Waals surface area (Å²) in [5, 5.41) is 0. The summed E-state index contributed by atoms with van der Waals surface area (Å²) >= 11 is 0. The zero-order valence-electron chi connectivity index (χ0n) is 7.25. The number of hydrogen-bond acceptors (Lipinski definition) is 4. The third kappa shape index (κ3) is 3.19. The molecule has 1 heterocycles. The van der Waals surface area contributed by atoms with Gasteiger partial charge in [-0.1, -0.05) is 6.92 Å². The van der Waals surface area contributed by atoms with Crippen molar-refractivity contribution in [3.63, 3.8) is 0 Å². The van der Waals surface area contributed by atoms with Crippen LogP contribution in [0.1, 0.15) is 26.2 Å². The van der Waals surface area contributed by atoms with Crippen LogP contribution in [-0.2, 0) is 19.3 Å². The molecule has 0 amide bonds. The SMILES string of the molecule is CCC(=O)OOC1CCOCC1. The maximum atomic E-state index is 10.7. The van der Waals surface area contributed by atoms with Gasteiger partial charge in [0.25, 0.3) is 0 Å². The molecule has 0 radical (unpaired) electrons. The first kappa shape index (κ1) is 9.48. The normalized spacial score (nSPS) is 19.1. The zero-order valence-corrected chi connectivity index (χ0v) is 7.25. The molecule has 0 aliphatic carbocycles. The maximum absolute atomic E-state index is 10.7. The second-order valence-corrected chi connectivity index (χ2v) is 2.72. The highest BCUT2D eigenvalue weighted by Gasteiger charge is 2.16. The lowest BCUT2D eigenvalue weighted by Gasteiger charge is -2.20. The standard InChI is InChI=1S/C8H14O4/c1-2-8(9)12-11-7-3-5-10-6-4-7/h7H,2-6H2,1H3.